The molecule has 1 atom stereocenters. The van der Waals surface area contributed by atoms with Gasteiger partial charge in [-0.2, -0.15) is 10.4 Å². The van der Waals surface area contributed by atoms with Crippen LogP contribution in [0.5, 0.6) is 0 Å². The van der Waals surface area contributed by atoms with Crippen LogP contribution in [-0.2, 0) is 0 Å². The summed E-state index contributed by atoms with van der Waals surface area (Å²) in [5, 5.41) is 0. The van der Waals surface area contributed by atoms with Gasteiger partial charge in [-0.1, -0.05) is 0 Å². The third-order valence-corrected chi connectivity index (χ3v) is 0.994. The minimum absolute atomic E-state index is 0. The molecule has 1 unspecified atom stereocenters. The molecule has 0 saturated heterocycles. The number of hydrogen-bond donors (Lipinski definition) is 1. The minimum atomic E-state index is 0. The van der Waals surface area contributed by atoms with Crippen molar-refractivity contribution in [3.8, 4) is 0 Å². The van der Waals surface area contributed by atoms with E-state index >= 15 is 0 Å². The first kappa shape index (κ1) is 8.36. The van der Waals surface area contributed by atoms with E-state index in [1.54, 1.807) is 24.9 Å². The Morgan fingerprint density at radius 3 is 2.56 bits per heavy atom. The van der Waals surface area contributed by atoms with Crippen molar-refractivity contribution in [2.45, 2.75) is 0 Å². The maximum Gasteiger partial charge on any atom is 0.219 e. The molecule has 4 heteroatoms. The molecule has 2 N–H and O–H groups in total. The average molecular weight is 146 g/mol. The monoisotopic (exact) mass is 145 g/mol. The summed E-state index contributed by atoms with van der Waals surface area (Å²) in [6.07, 6.45) is 6.55. The first-order valence-electron chi connectivity index (χ1n) is 2.29. The summed E-state index contributed by atoms with van der Waals surface area (Å²) in [5.74, 6) is 5.54. The largest absolute Gasteiger partial charge is 1.00 e. The maximum absolute atomic E-state index is 5.54. The number of aliphatic imine (C=N–C) groups is 1. The standard InChI is InChI=1S/C5H8N3.ClH/c1-2-8(6)4-3-7-5-8;/h2-5H,1,6H2;1H/q+1;/p-1. The van der Waals surface area contributed by atoms with Crippen LogP contribution < -0.4 is 18.2 Å². The normalized spacial score (nSPS) is 29.9. The van der Waals surface area contributed by atoms with Crippen LogP contribution in [0.2, 0.25) is 0 Å². The van der Waals surface area contributed by atoms with E-state index in [2.05, 4.69) is 11.6 Å². The second kappa shape index (κ2) is 2.77. The number of nitrogens with two attached hydrogens (primary N) is 1. The SMILES string of the molecule is C=C[N+]1(N)C=CN=C1.[Cl-]. The quantitative estimate of drug-likeness (QED) is 0.318. The molecule has 0 aromatic carbocycles. The maximum atomic E-state index is 5.54. The Kier molecular flexibility index (Phi) is 2.58. The highest BCUT2D eigenvalue weighted by molar-refractivity contribution is 5.51. The van der Waals surface area contributed by atoms with Gasteiger partial charge in [0.15, 0.2) is 0 Å². The van der Waals surface area contributed by atoms with Crippen LogP contribution in [0.1, 0.15) is 0 Å². The fourth-order valence-electron chi connectivity index (χ4n) is 0.454. The highest BCUT2D eigenvalue weighted by Crippen LogP contribution is 2.01. The summed E-state index contributed by atoms with van der Waals surface area (Å²) < 4.78 is 0.111. The number of rotatable bonds is 1. The van der Waals surface area contributed by atoms with E-state index in [0.29, 0.717) is 0 Å². The molecule has 50 valence electrons. The van der Waals surface area contributed by atoms with Gasteiger partial charge >= 0.3 is 0 Å². The lowest BCUT2D eigenvalue weighted by molar-refractivity contribution is -0.734. The van der Waals surface area contributed by atoms with E-state index < -0.39 is 0 Å². The van der Waals surface area contributed by atoms with Crippen molar-refractivity contribution in [2.75, 3.05) is 0 Å². The number of nitrogens with zero attached hydrogens (tertiary/aromatic N) is 2. The molecule has 1 aliphatic heterocycles. The molecule has 3 nitrogen and oxygen atoms in total. The fourth-order valence-corrected chi connectivity index (χ4v) is 0.454. The molecule has 0 bridgehead atoms. The predicted octanol–water partition coefficient (Wildman–Crippen LogP) is -2.66. The molecule has 0 aliphatic carbocycles. The first-order chi connectivity index (χ1) is 3.77. The number of hydrogen-bond acceptors (Lipinski definition) is 2. The molecule has 0 amide bonds. The smallest absolute Gasteiger partial charge is 0.219 e. The molecule has 1 heterocycles. The van der Waals surface area contributed by atoms with E-state index in [9.17, 15) is 0 Å². The van der Waals surface area contributed by atoms with Crippen LogP contribution in [0.15, 0.2) is 30.2 Å². The zero-order valence-electron chi connectivity index (χ0n) is 4.87. The lowest BCUT2D eigenvalue weighted by Gasteiger charge is -2.11. The van der Waals surface area contributed by atoms with Crippen LogP contribution in [0.25, 0.3) is 0 Å². The third-order valence-electron chi connectivity index (χ3n) is 0.994. The molecule has 1 rings (SSSR count). The summed E-state index contributed by atoms with van der Waals surface area (Å²) in [4.78, 5) is 3.78. The third kappa shape index (κ3) is 1.64. The van der Waals surface area contributed by atoms with E-state index in [0.717, 1.165) is 0 Å². The Hall–Kier alpha value is -0.640. The van der Waals surface area contributed by atoms with Crippen molar-refractivity contribution < 1.29 is 17.0 Å². The zero-order valence-corrected chi connectivity index (χ0v) is 5.62. The summed E-state index contributed by atoms with van der Waals surface area (Å²) >= 11 is 0. The number of halogens is 1. The molecule has 0 fully saturated rings. The van der Waals surface area contributed by atoms with Crippen LogP contribution in [0, 0.1) is 0 Å². The molecule has 0 radical (unpaired) electrons. The van der Waals surface area contributed by atoms with Gasteiger partial charge in [0.1, 0.15) is 12.4 Å². The van der Waals surface area contributed by atoms with E-state index in [-0.39, 0.29) is 17.0 Å². The van der Waals surface area contributed by atoms with Gasteiger partial charge in [-0.15, -0.1) is 0 Å². The van der Waals surface area contributed by atoms with Crippen LogP contribution >= 0.6 is 0 Å². The highest BCUT2D eigenvalue weighted by atomic mass is 35.5. The predicted molar refractivity (Wildman–Crippen MR) is 32.3 cm³/mol. The first-order valence-corrected chi connectivity index (χ1v) is 2.29. The van der Waals surface area contributed by atoms with Gasteiger partial charge in [-0.3, -0.25) is 0 Å². The van der Waals surface area contributed by atoms with Gasteiger partial charge in [0.25, 0.3) is 0 Å². The lowest BCUT2D eigenvalue weighted by atomic mass is 10.7. The van der Waals surface area contributed by atoms with Crippen LogP contribution in [0.4, 0.5) is 0 Å². The van der Waals surface area contributed by atoms with E-state index in [1.807, 2.05) is 0 Å². The summed E-state index contributed by atoms with van der Waals surface area (Å²) in [6, 6.07) is 0. The highest BCUT2D eigenvalue weighted by Gasteiger charge is 2.14. The van der Waals surface area contributed by atoms with Crippen molar-refractivity contribution in [1.29, 1.82) is 0 Å². The summed E-state index contributed by atoms with van der Waals surface area (Å²) in [5.41, 5.74) is 0. The zero-order chi connectivity index (χ0) is 6.04. The Morgan fingerprint density at radius 1 is 1.67 bits per heavy atom. The van der Waals surface area contributed by atoms with E-state index in [1.165, 1.54) is 0 Å². The number of quaternary nitrogens is 1. The topological polar surface area (TPSA) is 38.4 Å². The van der Waals surface area contributed by atoms with Crippen molar-refractivity contribution in [3.05, 3.63) is 25.2 Å². The van der Waals surface area contributed by atoms with Gasteiger partial charge in [-0.05, 0) is 6.58 Å². The molecular formula is C5H8ClN3. The molecule has 0 aromatic heterocycles. The van der Waals surface area contributed by atoms with Gasteiger partial charge < -0.3 is 12.4 Å². The Morgan fingerprint density at radius 2 is 2.33 bits per heavy atom. The van der Waals surface area contributed by atoms with Crippen molar-refractivity contribution in [3.63, 3.8) is 0 Å². The molecule has 0 spiro atoms. The summed E-state index contributed by atoms with van der Waals surface area (Å²) in [6.45, 7) is 3.52. The van der Waals surface area contributed by atoms with Gasteiger partial charge in [0, 0.05) is 0 Å². The molecule has 0 aromatic rings. The van der Waals surface area contributed by atoms with Crippen molar-refractivity contribution in [2.24, 2.45) is 10.8 Å². The van der Waals surface area contributed by atoms with Gasteiger partial charge in [0.05, 0.1) is 6.20 Å². The van der Waals surface area contributed by atoms with Crippen LogP contribution in [0.3, 0.4) is 0 Å². The summed E-state index contributed by atoms with van der Waals surface area (Å²) in [7, 11) is 0. The fraction of sp³-hybridized carbons (Fsp3) is 0. The van der Waals surface area contributed by atoms with Gasteiger partial charge in [0.2, 0.25) is 6.34 Å². The Bertz CT molecular complexity index is 150. The second-order valence-electron chi connectivity index (χ2n) is 1.64. The molecular weight excluding hydrogens is 138 g/mol. The lowest BCUT2D eigenvalue weighted by Crippen LogP contribution is -3.00. The van der Waals surface area contributed by atoms with Crippen molar-refractivity contribution in [1.82, 2.24) is 0 Å². The van der Waals surface area contributed by atoms with Gasteiger partial charge in [-0.25, -0.2) is 4.99 Å². The minimum Gasteiger partial charge on any atom is -1.00 e. The molecule has 0 saturated carbocycles. The Balaban J connectivity index is 0.000000640. The van der Waals surface area contributed by atoms with E-state index in [4.69, 9.17) is 5.84 Å². The van der Waals surface area contributed by atoms with Crippen LogP contribution in [-0.4, -0.2) is 10.9 Å². The van der Waals surface area contributed by atoms with Crippen molar-refractivity contribution >= 4 is 6.34 Å². The molecule has 9 heavy (non-hydrogen) atoms. The second-order valence-corrected chi connectivity index (χ2v) is 1.64. The Labute approximate surface area is 60.1 Å². The molecule has 1 aliphatic rings. The average Bonchev–Trinajstić information content (AvgIpc) is 2.17.